The maximum Gasteiger partial charge on any atom is 0.0641 e. The average Bonchev–Trinajstić information content (AvgIpc) is 2.14. The summed E-state index contributed by atoms with van der Waals surface area (Å²) in [7, 11) is 4.29. The minimum absolute atomic E-state index is 0.0373. The van der Waals surface area contributed by atoms with E-state index in [1.54, 1.807) is 0 Å². The van der Waals surface area contributed by atoms with E-state index in [-0.39, 0.29) is 5.60 Å². The van der Waals surface area contributed by atoms with Crippen LogP contribution >= 0.6 is 0 Å². The smallest absolute Gasteiger partial charge is 0.0641 e. The molecule has 0 amide bonds. The van der Waals surface area contributed by atoms with Gasteiger partial charge in [0.2, 0.25) is 0 Å². The highest BCUT2D eigenvalue weighted by Crippen LogP contribution is 2.24. The van der Waals surface area contributed by atoms with Crippen molar-refractivity contribution in [1.29, 1.82) is 0 Å². The summed E-state index contributed by atoms with van der Waals surface area (Å²) in [5, 5.41) is 3.82. The number of hydrogen-bond donors (Lipinski definition) is 1. The summed E-state index contributed by atoms with van der Waals surface area (Å²) in [5.41, 5.74) is 0.0373. The fourth-order valence-corrected chi connectivity index (χ4v) is 2.53. The van der Waals surface area contributed by atoms with E-state index < -0.39 is 0 Å². The van der Waals surface area contributed by atoms with Crippen LogP contribution < -0.4 is 5.32 Å². The second-order valence-corrected chi connectivity index (χ2v) is 6.58. The Hall–Kier alpha value is -0.120. The highest BCUT2D eigenvalue weighted by molar-refractivity contribution is 4.86. The summed E-state index contributed by atoms with van der Waals surface area (Å²) >= 11 is 0. The maximum atomic E-state index is 5.77. The molecule has 102 valence electrons. The van der Waals surface area contributed by atoms with Crippen LogP contribution in [-0.2, 0) is 4.74 Å². The van der Waals surface area contributed by atoms with Gasteiger partial charge in [-0.15, -0.1) is 0 Å². The van der Waals surface area contributed by atoms with Gasteiger partial charge in [0.05, 0.1) is 5.60 Å². The van der Waals surface area contributed by atoms with Crippen LogP contribution in [0.25, 0.3) is 0 Å². The topological polar surface area (TPSA) is 24.5 Å². The van der Waals surface area contributed by atoms with E-state index in [9.17, 15) is 0 Å². The lowest BCUT2D eigenvalue weighted by Gasteiger charge is -2.39. The SMILES string of the molecule is CC(C)C(CN(C)C)NC1CCOC(C)(C)C1. The molecular weight excluding hydrogens is 212 g/mol. The lowest BCUT2D eigenvalue weighted by Crippen LogP contribution is -2.51. The third kappa shape index (κ3) is 5.36. The van der Waals surface area contributed by atoms with Crippen LogP contribution in [-0.4, -0.2) is 49.8 Å². The van der Waals surface area contributed by atoms with E-state index >= 15 is 0 Å². The zero-order valence-corrected chi connectivity index (χ0v) is 12.4. The molecule has 0 aliphatic carbocycles. The van der Waals surface area contributed by atoms with E-state index in [0.717, 1.165) is 26.0 Å². The number of rotatable bonds is 5. The lowest BCUT2D eigenvalue weighted by atomic mass is 9.92. The molecule has 1 rings (SSSR count). The highest BCUT2D eigenvalue weighted by Gasteiger charge is 2.30. The minimum atomic E-state index is 0.0373. The lowest BCUT2D eigenvalue weighted by molar-refractivity contribution is -0.0650. The molecule has 0 radical (unpaired) electrons. The zero-order chi connectivity index (χ0) is 13.1. The Balaban J connectivity index is 2.49. The predicted molar refractivity (Wildman–Crippen MR) is 73.4 cm³/mol. The van der Waals surface area contributed by atoms with Crippen LogP contribution in [0.5, 0.6) is 0 Å². The fourth-order valence-electron chi connectivity index (χ4n) is 2.53. The molecule has 1 saturated heterocycles. The Morgan fingerprint density at radius 1 is 1.35 bits per heavy atom. The van der Waals surface area contributed by atoms with Crippen molar-refractivity contribution in [2.45, 2.75) is 58.2 Å². The molecule has 1 aliphatic rings. The van der Waals surface area contributed by atoms with Crippen LogP contribution in [0.4, 0.5) is 0 Å². The Bertz CT molecular complexity index is 226. The molecule has 1 fully saturated rings. The first-order valence-electron chi connectivity index (χ1n) is 6.85. The van der Waals surface area contributed by atoms with Gasteiger partial charge in [-0.05, 0) is 46.7 Å². The van der Waals surface area contributed by atoms with Crippen molar-refractivity contribution < 1.29 is 4.74 Å². The van der Waals surface area contributed by atoms with Gasteiger partial charge in [-0.25, -0.2) is 0 Å². The molecule has 0 spiro atoms. The minimum Gasteiger partial charge on any atom is -0.375 e. The molecule has 3 nitrogen and oxygen atoms in total. The third-order valence-electron chi connectivity index (χ3n) is 3.51. The van der Waals surface area contributed by atoms with Gasteiger partial charge < -0.3 is 15.0 Å². The van der Waals surface area contributed by atoms with Gasteiger partial charge in [-0.3, -0.25) is 0 Å². The van der Waals surface area contributed by atoms with E-state index in [0.29, 0.717) is 18.0 Å². The summed E-state index contributed by atoms with van der Waals surface area (Å²) in [6.45, 7) is 11.0. The van der Waals surface area contributed by atoms with Crippen LogP contribution in [0.15, 0.2) is 0 Å². The normalized spacial score (nSPS) is 26.5. The summed E-state index contributed by atoms with van der Waals surface area (Å²) in [6.07, 6.45) is 2.25. The Kier molecular flexibility index (Phi) is 5.42. The predicted octanol–water partition coefficient (Wildman–Crippen LogP) is 2.12. The molecule has 0 aromatic heterocycles. The van der Waals surface area contributed by atoms with Crippen LogP contribution in [0, 0.1) is 5.92 Å². The largest absolute Gasteiger partial charge is 0.375 e. The molecule has 0 bridgehead atoms. The van der Waals surface area contributed by atoms with Gasteiger partial charge in [-0.1, -0.05) is 13.8 Å². The summed E-state index contributed by atoms with van der Waals surface area (Å²) < 4.78 is 5.77. The Morgan fingerprint density at radius 3 is 2.47 bits per heavy atom. The number of ether oxygens (including phenoxy) is 1. The van der Waals surface area contributed by atoms with E-state index in [4.69, 9.17) is 4.74 Å². The second kappa shape index (κ2) is 6.17. The first-order valence-corrected chi connectivity index (χ1v) is 6.85. The van der Waals surface area contributed by atoms with Gasteiger partial charge in [0.1, 0.15) is 0 Å². The standard InChI is InChI=1S/C14H30N2O/c1-11(2)13(10-16(5)6)15-12-7-8-17-14(3,4)9-12/h11-13,15H,7-10H2,1-6H3. The average molecular weight is 242 g/mol. The quantitative estimate of drug-likeness (QED) is 0.799. The molecule has 0 aromatic rings. The van der Waals surface area contributed by atoms with Gasteiger partial charge in [0.25, 0.3) is 0 Å². The van der Waals surface area contributed by atoms with Crippen molar-refractivity contribution in [2.75, 3.05) is 27.2 Å². The monoisotopic (exact) mass is 242 g/mol. The van der Waals surface area contributed by atoms with E-state index in [1.165, 1.54) is 0 Å². The molecule has 0 aromatic carbocycles. The molecule has 2 unspecified atom stereocenters. The van der Waals surface area contributed by atoms with Crippen LogP contribution in [0.2, 0.25) is 0 Å². The Morgan fingerprint density at radius 2 is 2.00 bits per heavy atom. The maximum absolute atomic E-state index is 5.77. The summed E-state index contributed by atoms with van der Waals surface area (Å²) in [6, 6.07) is 1.18. The molecule has 0 saturated carbocycles. The van der Waals surface area contributed by atoms with Gasteiger partial charge >= 0.3 is 0 Å². The molecule has 1 N–H and O–H groups in total. The zero-order valence-electron chi connectivity index (χ0n) is 12.4. The molecular formula is C14H30N2O. The number of likely N-dealkylation sites (N-methyl/N-ethyl adjacent to an activating group) is 1. The molecule has 1 heterocycles. The second-order valence-electron chi connectivity index (χ2n) is 6.58. The summed E-state index contributed by atoms with van der Waals surface area (Å²) in [5.74, 6) is 0.670. The summed E-state index contributed by atoms with van der Waals surface area (Å²) in [4.78, 5) is 2.27. The first-order chi connectivity index (χ1) is 7.80. The molecule has 3 heteroatoms. The third-order valence-corrected chi connectivity index (χ3v) is 3.51. The van der Waals surface area contributed by atoms with Gasteiger partial charge in [-0.2, -0.15) is 0 Å². The van der Waals surface area contributed by atoms with Crippen molar-refractivity contribution in [3.05, 3.63) is 0 Å². The number of nitrogens with zero attached hydrogens (tertiary/aromatic N) is 1. The van der Waals surface area contributed by atoms with Crippen molar-refractivity contribution in [1.82, 2.24) is 10.2 Å². The van der Waals surface area contributed by atoms with Crippen molar-refractivity contribution in [2.24, 2.45) is 5.92 Å². The molecule has 17 heavy (non-hydrogen) atoms. The molecule has 2 atom stereocenters. The van der Waals surface area contributed by atoms with Crippen molar-refractivity contribution in [3.8, 4) is 0 Å². The number of nitrogens with one attached hydrogen (secondary N) is 1. The van der Waals surface area contributed by atoms with E-state index in [2.05, 4.69) is 52.0 Å². The van der Waals surface area contributed by atoms with Crippen molar-refractivity contribution >= 4 is 0 Å². The van der Waals surface area contributed by atoms with E-state index in [1.807, 2.05) is 0 Å². The molecule has 1 aliphatic heterocycles. The first kappa shape index (κ1) is 14.9. The fraction of sp³-hybridized carbons (Fsp3) is 1.00. The number of hydrogen-bond acceptors (Lipinski definition) is 3. The van der Waals surface area contributed by atoms with Gasteiger partial charge in [0.15, 0.2) is 0 Å². The van der Waals surface area contributed by atoms with Crippen LogP contribution in [0.3, 0.4) is 0 Å². The highest BCUT2D eigenvalue weighted by atomic mass is 16.5. The Labute approximate surface area is 107 Å². The van der Waals surface area contributed by atoms with Gasteiger partial charge in [0, 0.05) is 25.2 Å². The van der Waals surface area contributed by atoms with Crippen LogP contribution in [0.1, 0.15) is 40.5 Å². The van der Waals surface area contributed by atoms with Crippen molar-refractivity contribution in [3.63, 3.8) is 0 Å².